The predicted octanol–water partition coefficient (Wildman–Crippen LogP) is 6.02. The van der Waals surface area contributed by atoms with Gasteiger partial charge in [-0.05, 0) is 60.4 Å². The fraction of sp³-hybridized carbons (Fsp3) is 0.231. The summed E-state index contributed by atoms with van der Waals surface area (Å²) in [6.45, 7) is 0.586. The van der Waals surface area contributed by atoms with Crippen LogP contribution in [-0.2, 0) is 0 Å². The Bertz CT molecular complexity index is 1350. The lowest BCUT2D eigenvalue weighted by Gasteiger charge is -2.23. The number of halogens is 1. The van der Waals surface area contributed by atoms with Crippen molar-refractivity contribution in [3.05, 3.63) is 72.4 Å². The van der Waals surface area contributed by atoms with Crippen LogP contribution in [0, 0.1) is 5.82 Å². The summed E-state index contributed by atoms with van der Waals surface area (Å²) in [7, 11) is 3.11. The van der Waals surface area contributed by atoms with Crippen molar-refractivity contribution in [1.29, 1.82) is 0 Å². The maximum Gasteiger partial charge on any atom is 0.322 e. The number of fused-ring (bicyclic) bond motifs is 1. The molecule has 1 atom stereocenters. The summed E-state index contributed by atoms with van der Waals surface area (Å²) in [5.74, 6) is 1.34. The van der Waals surface area contributed by atoms with Gasteiger partial charge in [0.15, 0.2) is 5.58 Å². The zero-order chi connectivity index (χ0) is 23.7. The second kappa shape index (κ2) is 9.05. The molecule has 2 amide bonds. The third kappa shape index (κ3) is 4.14. The monoisotopic (exact) mass is 461 g/mol. The molecular formula is C26H24FN3O4. The summed E-state index contributed by atoms with van der Waals surface area (Å²) in [5, 5.41) is 2.93. The number of likely N-dealkylation sites (tertiary alicyclic amines) is 1. The van der Waals surface area contributed by atoms with E-state index in [4.69, 9.17) is 13.9 Å². The number of nitrogens with zero attached hydrogens (tertiary/aromatic N) is 2. The summed E-state index contributed by atoms with van der Waals surface area (Å²) in [6, 6.07) is 16.7. The smallest absolute Gasteiger partial charge is 0.322 e. The highest BCUT2D eigenvalue weighted by atomic mass is 19.1. The van der Waals surface area contributed by atoms with E-state index in [1.54, 1.807) is 43.4 Å². The molecule has 1 fully saturated rings. The van der Waals surface area contributed by atoms with Crippen molar-refractivity contribution in [2.24, 2.45) is 0 Å². The Morgan fingerprint density at radius 2 is 1.94 bits per heavy atom. The van der Waals surface area contributed by atoms with Gasteiger partial charge in [0, 0.05) is 12.6 Å². The Hall–Kier alpha value is -4.07. The van der Waals surface area contributed by atoms with Gasteiger partial charge in [0.2, 0.25) is 5.89 Å². The molecule has 1 saturated heterocycles. The maximum atomic E-state index is 13.6. The summed E-state index contributed by atoms with van der Waals surface area (Å²) >= 11 is 0. The highest BCUT2D eigenvalue weighted by Crippen LogP contribution is 2.36. The number of rotatable bonds is 5. The molecule has 1 aliphatic rings. The van der Waals surface area contributed by atoms with Gasteiger partial charge in [-0.1, -0.05) is 18.2 Å². The van der Waals surface area contributed by atoms with Crippen molar-refractivity contribution in [2.75, 3.05) is 26.1 Å². The molecule has 1 unspecified atom stereocenters. The first-order valence-corrected chi connectivity index (χ1v) is 11.0. The number of anilines is 1. The van der Waals surface area contributed by atoms with Crippen LogP contribution in [0.5, 0.6) is 11.5 Å². The van der Waals surface area contributed by atoms with Gasteiger partial charge in [0.1, 0.15) is 28.9 Å². The van der Waals surface area contributed by atoms with Crippen LogP contribution in [0.3, 0.4) is 0 Å². The molecule has 8 heteroatoms. The van der Waals surface area contributed by atoms with E-state index in [1.807, 2.05) is 24.3 Å². The van der Waals surface area contributed by atoms with Gasteiger partial charge in [-0.15, -0.1) is 0 Å². The Morgan fingerprint density at radius 1 is 1.09 bits per heavy atom. The summed E-state index contributed by atoms with van der Waals surface area (Å²) in [6.07, 6.45) is 1.59. The van der Waals surface area contributed by atoms with Gasteiger partial charge in [-0.3, -0.25) is 0 Å². The summed E-state index contributed by atoms with van der Waals surface area (Å²) in [4.78, 5) is 19.5. The van der Waals surface area contributed by atoms with Gasteiger partial charge in [0.25, 0.3) is 0 Å². The SMILES string of the molecule is COc1ccc(NC(=O)N2CCCC2c2nc3cc(-c4cccc(F)c4)ccc3o2)c(OC)c1. The number of benzene rings is 3. The first-order valence-electron chi connectivity index (χ1n) is 11.0. The van der Waals surface area contributed by atoms with Crippen LogP contribution in [0.15, 0.2) is 65.1 Å². The van der Waals surface area contributed by atoms with Crippen LogP contribution < -0.4 is 14.8 Å². The summed E-state index contributed by atoms with van der Waals surface area (Å²) < 4.78 is 30.3. The number of amides is 2. The molecule has 0 aliphatic carbocycles. The Morgan fingerprint density at radius 3 is 2.74 bits per heavy atom. The van der Waals surface area contributed by atoms with Crippen LogP contribution in [0.25, 0.3) is 22.2 Å². The van der Waals surface area contributed by atoms with Crippen LogP contribution in [0.1, 0.15) is 24.8 Å². The number of nitrogens with one attached hydrogen (secondary N) is 1. The lowest BCUT2D eigenvalue weighted by Crippen LogP contribution is -2.34. The third-order valence-electron chi connectivity index (χ3n) is 6.01. The van der Waals surface area contributed by atoms with Crippen molar-refractivity contribution < 1.29 is 23.1 Å². The van der Waals surface area contributed by atoms with Gasteiger partial charge < -0.3 is 24.1 Å². The van der Waals surface area contributed by atoms with E-state index in [0.717, 1.165) is 24.0 Å². The Balaban J connectivity index is 1.39. The molecular weight excluding hydrogens is 437 g/mol. The highest BCUT2D eigenvalue weighted by Gasteiger charge is 2.34. The minimum Gasteiger partial charge on any atom is -0.497 e. The number of carbonyl (C=O) groups excluding carboxylic acids is 1. The van der Waals surface area contributed by atoms with Crippen LogP contribution in [-0.4, -0.2) is 36.7 Å². The lowest BCUT2D eigenvalue weighted by atomic mass is 10.1. The molecule has 7 nitrogen and oxygen atoms in total. The van der Waals surface area contributed by atoms with Crippen molar-refractivity contribution in [3.8, 4) is 22.6 Å². The van der Waals surface area contributed by atoms with Crippen molar-refractivity contribution in [2.45, 2.75) is 18.9 Å². The average Bonchev–Trinajstić information content (AvgIpc) is 3.51. The minimum atomic E-state index is -0.292. The Kier molecular flexibility index (Phi) is 5.79. The number of carbonyl (C=O) groups is 1. The molecule has 1 aromatic heterocycles. The molecule has 4 aromatic rings. The predicted molar refractivity (Wildman–Crippen MR) is 127 cm³/mol. The van der Waals surface area contributed by atoms with E-state index >= 15 is 0 Å². The average molecular weight is 461 g/mol. The first kappa shape index (κ1) is 21.8. The fourth-order valence-electron chi connectivity index (χ4n) is 4.29. The van der Waals surface area contributed by atoms with Crippen LogP contribution in [0.4, 0.5) is 14.9 Å². The van der Waals surface area contributed by atoms with Crippen molar-refractivity contribution in [3.63, 3.8) is 0 Å². The molecule has 174 valence electrons. The number of hydrogen-bond donors (Lipinski definition) is 1. The topological polar surface area (TPSA) is 76.8 Å². The van der Waals surface area contributed by atoms with Gasteiger partial charge in [-0.25, -0.2) is 14.2 Å². The van der Waals surface area contributed by atoms with Gasteiger partial charge >= 0.3 is 6.03 Å². The lowest BCUT2D eigenvalue weighted by molar-refractivity contribution is 0.198. The molecule has 0 saturated carbocycles. The van der Waals surface area contributed by atoms with E-state index in [9.17, 15) is 9.18 Å². The zero-order valence-electron chi connectivity index (χ0n) is 18.9. The molecule has 0 bridgehead atoms. The number of urea groups is 1. The number of oxazole rings is 1. The molecule has 2 heterocycles. The first-order chi connectivity index (χ1) is 16.6. The van der Waals surface area contributed by atoms with Crippen molar-refractivity contribution in [1.82, 2.24) is 9.88 Å². The largest absolute Gasteiger partial charge is 0.497 e. The van der Waals surface area contributed by atoms with Gasteiger partial charge in [-0.2, -0.15) is 0 Å². The maximum absolute atomic E-state index is 13.6. The standard InChI is InChI=1S/C26H24FN3O4/c1-32-19-9-10-20(24(15-19)33-2)29-26(31)30-12-4-7-22(30)25-28-21-14-17(8-11-23(21)34-25)16-5-3-6-18(27)13-16/h3,5-6,8-11,13-15,22H,4,7,12H2,1-2H3,(H,29,31). The van der Waals surface area contributed by atoms with E-state index in [2.05, 4.69) is 10.3 Å². The van der Waals surface area contributed by atoms with Gasteiger partial charge in [0.05, 0.1) is 19.9 Å². The van der Waals surface area contributed by atoms with E-state index in [1.165, 1.54) is 12.1 Å². The highest BCUT2D eigenvalue weighted by molar-refractivity contribution is 5.91. The van der Waals surface area contributed by atoms with Crippen molar-refractivity contribution >= 4 is 22.8 Å². The number of methoxy groups -OCH3 is 2. The second-order valence-electron chi connectivity index (χ2n) is 8.09. The molecule has 0 spiro atoms. The summed E-state index contributed by atoms with van der Waals surface area (Å²) in [5.41, 5.74) is 3.46. The molecule has 1 N–H and O–H groups in total. The molecule has 34 heavy (non-hydrogen) atoms. The Labute approximate surface area is 196 Å². The normalized spacial score (nSPS) is 15.5. The van der Waals surface area contributed by atoms with E-state index < -0.39 is 0 Å². The number of aromatic nitrogens is 1. The molecule has 1 aliphatic heterocycles. The second-order valence-corrected chi connectivity index (χ2v) is 8.09. The van der Waals surface area contributed by atoms with E-state index in [0.29, 0.717) is 40.7 Å². The van der Waals surface area contributed by atoms with Crippen LogP contribution in [0.2, 0.25) is 0 Å². The third-order valence-corrected chi connectivity index (χ3v) is 6.01. The molecule has 3 aromatic carbocycles. The number of ether oxygens (including phenoxy) is 2. The van der Waals surface area contributed by atoms with Crippen LogP contribution >= 0.6 is 0 Å². The number of hydrogen-bond acceptors (Lipinski definition) is 5. The minimum absolute atomic E-state index is 0.256. The quantitative estimate of drug-likeness (QED) is 0.393. The van der Waals surface area contributed by atoms with E-state index in [-0.39, 0.29) is 17.9 Å². The zero-order valence-corrected chi connectivity index (χ0v) is 18.9. The fourth-order valence-corrected chi connectivity index (χ4v) is 4.29. The molecule has 5 rings (SSSR count). The molecule has 0 radical (unpaired) electrons.